The number of nitrogens with zero attached hydrogens (tertiary/aromatic N) is 3. The summed E-state index contributed by atoms with van der Waals surface area (Å²) >= 11 is 10.1. The third-order valence-electron chi connectivity index (χ3n) is 1.91. The van der Waals surface area contributed by atoms with E-state index in [2.05, 4.69) is 25.9 Å². The molecule has 0 fully saturated rings. The van der Waals surface area contributed by atoms with Gasteiger partial charge in [0.05, 0.1) is 4.92 Å². The Balaban J connectivity index is 2.39. The number of halogens is 2. The molecule has 0 saturated heterocycles. The molecule has 0 aliphatic carbocycles. The molecule has 8 heteroatoms. The maximum atomic E-state index is 10.9. The van der Waals surface area contributed by atoms with Gasteiger partial charge in [0.25, 0.3) is 0 Å². The molecule has 0 bridgehead atoms. The highest BCUT2D eigenvalue weighted by molar-refractivity contribution is 9.10. The molecule has 2 aromatic rings. The van der Waals surface area contributed by atoms with Gasteiger partial charge >= 0.3 is 5.69 Å². The van der Waals surface area contributed by atoms with E-state index in [-0.39, 0.29) is 16.0 Å². The fraction of sp³-hybridized carbons (Fsp3) is 0. The third kappa shape index (κ3) is 3.18. The Morgan fingerprint density at radius 2 is 2.22 bits per heavy atom. The SMILES string of the molecule is O=[N+]([O-])c1cnc(Cl)nc1Sc1cccc(Br)c1. The Kier molecular flexibility index (Phi) is 4.15. The quantitative estimate of drug-likeness (QED) is 0.364. The lowest BCUT2D eigenvalue weighted by Crippen LogP contribution is -1.95. The molecule has 18 heavy (non-hydrogen) atoms. The second kappa shape index (κ2) is 5.64. The van der Waals surface area contributed by atoms with Gasteiger partial charge in [0.15, 0.2) is 5.03 Å². The summed E-state index contributed by atoms with van der Waals surface area (Å²) in [6.07, 6.45) is 1.11. The van der Waals surface area contributed by atoms with Gasteiger partial charge in [0, 0.05) is 9.37 Å². The number of nitro groups is 1. The lowest BCUT2D eigenvalue weighted by molar-refractivity contribution is -0.388. The van der Waals surface area contributed by atoms with Crippen molar-refractivity contribution in [2.75, 3.05) is 0 Å². The highest BCUT2D eigenvalue weighted by atomic mass is 79.9. The Morgan fingerprint density at radius 1 is 1.44 bits per heavy atom. The fourth-order valence-corrected chi connectivity index (χ4v) is 2.84. The molecule has 0 N–H and O–H groups in total. The van der Waals surface area contributed by atoms with Crippen LogP contribution in [-0.4, -0.2) is 14.9 Å². The maximum absolute atomic E-state index is 10.9. The van der Waals surface area contributed by atoms with Gasteiger partial charge in [0.2, 0.25) is 5.28 Å². The molecule has 0 saturated carbocycles. The molecule has 1 aromatic carbocycles. The average molecular weight is 347 g/mol. The number of benzene rings is 1. The lowest BCUT2D eigenvalue weighted by atomic mass is 10.4. The first-order valence-corrected chi connectivity index (χ1v) is 6.65. The normalized spacial score (nSPS) is 10.3. The van der Waals surface area contributed by atoms with Crippen molar-refractivity contribution in [3.8, 4) is 0 Å². The van der Waals surface area contributed by atoms with E-state index in [0.717, 1.165) is 27.3 Å². The van der Waals surface area contributed by atoms with Gasteiger partial charge in [-0.3, -0.25) is 10.1 Å². The second-order valence-corrected chi connectivity index (χ2v) is 5.46. The average Bonchev–Trinajstić information content (AvgIpc) is 2.28. The molecule has 0 amide bonds. The van der Waals surface area contributed by atoms with Crippen molar-refractivity contribution < 1.29 is 4.92 Å². The van der Waals surface area contributed by atoms with Crippen molar-refractivity contribution in [1.29, 1.82) is 0 Å². The van der Waals surface area contributed by atoms with Gasteiger partial charge in [-0.25, -0.2) is 9.97 Å². The number of aromatic nitrogens is 2. The smallest absolute Gasteiger partial charge is 0.258 e. The highest BCUT2D eigenvalue weighted by Gasteiger charge is 2.18. The third-order valence-corrected chi connectivity index (χ3v) is 3.57. The van der Waals surface area contributed by atoms with Crippen LogP contribution in [0.1, 0.15) is 0 Å². The van der Waals surface area contributed by atoms with Gasteiger partial charge in [-0.05, 0) is 29.8 Å². The van der Waals surface area contributed by atoms with E-state index in [4.69, 9.17) is 11.6 Å². The van der Waals surface area contributed by atoms with Crippen molar-refractivity contribution >= 4 is 45.0 Å². The lowest BCUT2D eigenvalue weighted by Gasteiger charge is -2.02. The van der Waals surface area contributed by atoms with Crippen LogP contribution in [0.15, 0.2) is 44.9 Å². The number of hydrogen-bond acceptors (Lipinski definition) is 5. The van der Waals surface area contributed by atoms with Crippen molar-refractivity contribution in [2.24, 2.45) is 0 Å². The van der Waals surface area contributed by atoms with Crippen LogP contribution >= 0.6 is 39.3 Å². The molecule has 0 radical (unpaired) electrons. The molecule has 0 spiro atoms. The standard InChI is InChI=1S/C10H5BrClN3O2S/c11-6-2-1-3-7(4-6)18-9-8(15(16)17)5-13-10(12)14-9/h1-5H. The van der Waals surface area contributed by atoms with Crippen LogP contribution < -0.4 is 0 Å². The summed E-state index contributed by atoms with van der Waals surface area (Å²) in [6.45, 7) is 0. The minimum atomic E-state index is -0.531. The van der Waals surface area contributed by atoms with Crippen LogP contribution in [0.4, 0.5) is 5.69 Å². The van der Waals surface area contributed by atoms with Crippen molar-refractivity contribution in [2.45, 2.75) is 9.92 Å². The van der Waals surface area contributed by atoms with E-state index in [1.165, 1.54) is 0 Å². The van der Waals surface area contributed by atoms with E-state index in [9.17, 15) is 10.1 Å². The zero-order valence-electron chi connectivity index (χ0n) is 8.71. The Hall–Kier alpha value is -1.18. The van der Waals surface area contributed by atoms with Gasteiger partial charge in [-0.15, -0.1) is 0 Å². The van der Waals surface area contributed by atoms with E-state index >= 15 is 0 Å². The largest absolute Gasteiger partial charge is 0.319 e. The molecular formula is C10H5BrClN3O2S. The van der Waals surface area contributed by atoms with Gasteiger partial charge < -0.3 is 0 Å². The molecule has 1 heterocycles. The van der Waals surface area contributed by atoms with Gasteiger partial charge in [0.1, 0.15) is 6.20 Å². The monoisotopic (exact) mass is 345 g/mol. The number of hydrogen-bond donors (Lipinski definition) is 0. The molecule has 92 valence electrons. The molecular weight excluding hydrogens is 342 g/mol. The minimum Gasteiger partial charge on any atom is -0.258 e. The first-order valence-electron chi connectivity index (χ1n) is 4.66. The van der Waals surface area contributed by atoms with Gasteiger partial charge in [-0.1, -0.05) is 33.8 Å². The van der Waals surface area contributed by atoms with Crippen LogP contribution in [0.25, 0.3) is 0 Å². The summed E-state index contributed by atoms with van der Waals surface area (Å²) in [5, 5.41) is 11.1. The summed E-state index contributed by atoms with van der Waals surface area (Å²) in [4.78, 5) is 18.6. The first kappa shape index (κ1) is 13.3. The maximum Gasteiger partial charge on any atom is 0.319 e. The van der Waals surface area contributed by atoms with Crippen LogP contribution in [-0.2, 0) is 0 Å². The van der Waals surface area contributed by atoms with E-state index in [1.807, 2.05) is 24.3 Å². The van der Waals surface area contributed by atoms with E-state index in [1.54, 1.807) is 0 Å². The zero-order valence-corrected chi connectivity index (χ0v) is 11.9. The Bertz CT molecular complexity index is 611. The summed E-state index contributed by atoms with van der Waals surface area (Å²) in [5.74, 6) is 0. The molecule has 0 unspecified atom stereocenters. The van der Waals surface area contributed by atoms with Crippen LogP contribution in [0.3, 0.4) is 0 Å². The van der Waals surface area contributed by atoms with Crippen molar-refractivity contribution in [1.82, 2.24) is 9.97 Å². The van der Waals surface area contributed by atoms with Crippen LogP contribution in [0, 0.1) is 10.1 Å². The van der Waals surface area contributed by atoms with E-state index < -0.39 is 4.92 Å². The molecule has 2 rings (SSSR count). The zero-order chi connectivity index (χ0) is 13.1. The van der Waals surface area contributed by atoms with E-state index in [0.29, 0.717) is 0 Å². The summed E-state index contributed by atoms with van der Waals surface area (Å²) in [5.41, 5.74) is -0.163. The highest BCUT2D eigenvalue weighted by Crippen LogP contribution is 2.34. The fourth-order valence-electron chi connectivity index (χ4n) is 1.18. The predicted molar refractivity (Wildman–Crippen MR) is 72.0 cm³/mol. The molecule has 0 aliphatic heterocycles. The Morgan fingerprint density at radius 3 is 2.89 bits per heavy atom. The second-order valence-electron chi connectivity index (χ2n) is 3.15. The molecule has 0 atom stereocenters. The van der Waals surface area contributed by atoms with Crippen LogP contribution in [0.5, 0.6) is 0 Å². The molecule has 5 nitrogen and oxygen atoms in total. The molecule has 1 aromatic heterocycles. The van der Waals surface area contributed by atoms with Gasteiger partial charge in [-0.2, -0.15) is 0 Å². The summed E-state index contributed by atoms with van der Waals surface area (Å²) < 4.78 is 0.885. The summed E-state index contributed by atoms with van der Waals surface area (Å²) in [7, 11) is 0. The topological polar surface area (TPSA) is 68.9 Å². The minimum absolute atomic E-state index is 0.0157. The first-order chi connectivity index (χ1) is 8.56. The number of rotatable bonds is 3. The van der Waals surface area contributed by atoms with Crippen LogP contribution in [0.2, 0.25) is 5.28 Å². The Labute approximate surface area is 120 Å². The molecule has 0 aliphatic rings. The van der Waals surface area contributed by atoms with Crippen molar-refractivity contribution in [3.63, 3.8) is 0 Å². The predicted octanol–water partition coefficient (Wildman–Crippen LogP) is 3.95. The van der Waals surface area contributed by atoms with Crippen molar-refractivity contribution in [3.05, 3.63) is 50.3 Å². The summed E-state index contributed by atoms with van der Waals surface area (Å²) in [6, 6.07) is 7.37.